The van der Waals surface area contributed by atoms with Gasteiger partial charge in [-0.05, 0) is 23.9 Å². The number of hydrogen-bond acceptors (Lipinski definition) is 4. The summed E-state index contributed by atoms with van der Waals surface area (Å²) in [6.07, 6.45) is -0.518. The van der Waals surface area contributed by atoms with Gasteiger partial charge in [-0.2, -0.15) is 0 Å². The molecule has 1 saturated carbocycles. The highest BCUT2D eigenvalue weighted by Gasteiger charge is 2.49. The average Bonchev–Trinajstić information content (AvgIpc) is 2.80. The van der Waals surface area contributed by atoms with Crippen molar-refractivity contribution < 1.29 is 19.7 Å². The van der Waals surface area contributed by atoms with Gasteiger partial charge in [-0.1, -0.05) is 34.6 Å². The minimum absolute atomic E-state index is 0.119. The SMILES string of the molecule is CPC(C(=O)OCC1C(O)C1O)C(C)(C)CC(C)(C)C. The quantitative estimate of drug-likeness (QED) is 0.582. The van der Waals surface area contributed by atoms with E-state index in [2.05, 4.69) is 34.6 Å². The lowest BCUT2D eigenvalue weighted by molar-refractivity contribution is -0.146. The van der Waals surface area contributed by atoms with E-state index in [-0.39, 0.29) is 35.0 Å². The minimum Gasteiger partial charge on any atom is -0.465 e. The maximum atomic E-state index is 12.3. The molecule has 4 nitrogen and oxygen atoms in total. The molecular formula is C15H29O4P. The molecule has 0 aromatic carbocycles. The zero-order chi connectivity index (χ0) is 15.7. The fraction of sp³-hybridized carbons (Fsp3) is 0.933. The fourth-order valence-electron chi connectivity index (χ4n) is 3.09. The normalized spacial score (nSPS) is 28.7. The first kappa shape index (κ1) is 17.9. The summed E-state index contributed by atoms with van der Waals surface area (Å²) in [7, 11) is 0.478. The Morgan fingerprint density at radius 2 is 1.70 bits per heavy atom. The van der Waals surface area contributed by atoms with Crippen molar-refractivity contribution in [3.05, 3.63) is 0 Å². The predicted octanol–water partition coefficient (Wildman–Crippen LogP) is 2.02. The van der Waals surface area contributed by atoms with Crippen LogP contribution in [-0.4, -0.2) is 47.3 Å². The van der Waals surface area contributed by atoms with E-state index in [9.17, 15) is 15.0 Å². The van der Waals surface area contributed by atoms with Gasteiger partial charge in [-0.15, -0.1) is 8.58 Å². The monoisotopic (exact) mass is 304 g/mol. The van der Waals surface area contributed by atoms with Crippen molar-refractivity contribution in [3.8, 4) is 0 Å². The molecule has 0 heterocycles. The molecule has 5 heteroatoms. The smallest absolute Gasteiger partial charge is 0.313 e. The van der Waals surface area contributed by atoms with Gasteiger partial charge in [0.2, 0.25) is 0 Å². The van der Waals surface area contributed by atoms with Gasteiger partial charge in [0.1, 0.15) is 0 Å². The number of rotatable bonds is 6. The average molecular weight is 304 g/mol. The number of carbonyl (C=O) groups excluding carboxylic acids is 1. The molecule has 2 N–H and O–H groups in total. The number of aliphatic hydroxyl groups is 2. The summed E-state index contributed by atoms with van der Waals surface area (Å²) in [6, 6.07) is 0. The number of esters is 1. The third-order valence-corrected chi connectivity index (χ3v) is 5.39. The largest absolute Gasteiger partial charge is 0.465 e. The lowest BCUT2D eigenvalue weighted by atomic mass is 9.74. The van der Waals surface area contributed by atoms with Gasteiger partial charge in [-0.3, -0.25) is 4.79 Å². The Balaban J connectivity index is 2.57. The number of aliphatic hydroxyl groups excluding tert-OH is 2. The molecule has 1 rings (SSSR count). The third-order valence-electron chi connectivity index (χ3n) is 3.80. The Morgan fingerprint density at radius 3 is 2.05 bits per heavy atom. The molecule has 4 unspecified atom stereocenters. The lowest BCUT2D eigenvalue weighted by Gasteiger charge is -2.37. The fourth-order valence-corrected chi connectivity index (χ4v) is 4.30. The van der Waals surface area contributed by atoms with E-state index in [1.54, 1.807) is 0 Å². The van der Waals surface area contributed by atoms with Crippen LogP contribution in [0.1, 0.15) is 41.0 Å². The van der Waals surface area contributed by atoms with E-state index < -0.39 is 12.2 Å². The zero-order valence-electron chi connectivity index (χ0n) is 13.4. The van der Waals surface area contributed by atoms with Crippen LogP contribution in [0.2, 0.25) is 0 Å². The van der Waals surface area contributed by atoms with Crippen LogP contribution in [-0.2, 0) is 9.53 Å². The summed E-state index contributed by atoms with van der Waals surface area (Å²) in [5.74, 6) is -0.503. The van der Waals surface area contributed by atoms with Crippen LogP contribution in [0.15, 0.2) is 0 Å². The van der Waals surface area contributed by atoms with Gasteiger partial charge in [0.15, 0.2) is 0 Å². The van der Waals surface area contributed by atoms with Gasteiger partial charge >= 0.3 is 5.97 Å². The predicted molar refractivity (Wildman–Crippen MR) is 82.3 cm³/mol. The third kappa shape index (κ3) is 4.68. The van der Waals surface area contributed by atoms with Crippen LogP contribution in [0.4, 0.5) is 0 Å². The molecule has 1 aliphatic rings. The first-order chi connectivity index (χ1) is 8.99. The first-order valence-electron chi connectivity index (χ1n) is 7.19. The van der Waals surface area contributed by atoms with Crippen molar-refractivity contribution in [2.75, 3.05) is 13.3 Å². The minimum atomic E-state index is -0.729. The van der Waals surface area contributed by atoms with Crippen LogP contribution in [0, 0.1) is 16.7 Å². The van der Waals surface area contributed by atoms with Crippen LogP contribution in [0.5, 0.6) is 0 Å². The molecule has 0 saturated heterocycles. The van der Waals surface area contributed by atoms with E-state index in [1.165, 1.54) is 0 Å². The first-order valence-corrected chi connectivity index (χ1v) is 8.77. The van der Waals surface area contributed by atoms with Crippen LogP contribution >= 0.6 is 8.58 Å². The maximum absolute atomic E-state index is 12.3. The summed E-state index contributed by atoms with van der Waals surface area (Å²) in [6.45, 7) is 12.9. The second kappa shape index (κ2) is 6.29. The Morgan fingerprint density at radius 1 is 1.20 bits per heavy atom. The summed E-state index contributed by atoms with van der Waals surface area (Å²) < 4.78 is 5.31. The van der Waals surface area contributed by atoms with Crippen LogP contribution in [0.3, 0.4) is 0 Å². The van der Waals surface area contributed by atoms with E-state index in [1.807, 2.05) is 6.66 Å². The molecule has 0 amide bonds. The Bertz CT molecular complexity index is 340. The van der Waals surface area contributed by atoms with Crippen molar-refractivity contribution in [1.82, 2.24) is 0 Å². The van der Waals surface area contributed by atoms with E-state index in [0.717, 1.165) is 6.42 Å². The standard InChI is InChI=1S/C15H29O4P/c1-14(2,3)8-15(4,5)12(20-6)13(18)19-7-9-10(16)11(9)17/h9-12,16-17,20H,7-8H2,1-6H3. The molecule has 1 aliphatic carbocycles. The lowest BCUT2D eigenvalue weighted by Crippen LogP contribution is -2.37. The maximum Gasteiger partial charge on any atom is 0.313 e. The zero-order valence-corrected chi connectivity index (χ0v) is 14.4. The van der Waals surface area contributed by atoms with Crippen molar-refractivity contribution >= 4 is 14.6 Å². The molecular weight excluding hydrogens is 275 g/mol. The Kier molecular flexibility index (Phi) is 5.62. The Hall–Kier alpha value is -0.180. The second-order valence-electron chi connectivity index (χ2n) is 7.72. The van der Waals surface area contributed by atoms with Crippen LogP contribution < -0.4 is 0 Å². The van der Waals surface area contributed by atoms with Crippen molar-refractivity contribution in [2.45, 2.75) is 58.9 Å². The molecule has 0 spiro atoms. The van der Waals surface area contributed by atoms with Crippen molar-refractivity contribution in [2.24, 2.45) is 16.7 Å². The number of hydrogen-bond donors (Lipinski definition) is 2. The molecule has 0 bridgehead atoms. The molecule has 0 aromatic rings. The van der Waals surface area contributed by atoms with Gasteiger partial charge in [0.25, 0.3) is 0 Å². The van der Waals surface area contributed by atoms with Gasteiger partial charge in [0.05, 0.1) is 30.4 Å². The molecule has 20 heavy (non-hydrogen) atoms. The van der Waals surface area contributed by atoms with Gasteiger partial charge in [0, 0.05) is 0 Å². The number of ether oxygens (including phenoxy) is 1. The van der Waals surface area contributed by atoms with E-state index >= 15 is 0 Å². The van der Waals surface area contributed by atoms with Gasteiger partial charge < -0.3 is 14.9 Å². The highest BCUT2D eigenvalue weighted by molar-refractivity contribution is 7.39. The van der Waals surface area contributed by atoms with Crippen LogP contribution in [0.25, 0.3) is 0 Å². The van der Waals surface area contributed by atoms with E-state index in [0.29, 0.717) is 8.58 Å². The highest BCUT2D eigenvalue weighted by atomic mass is 31.1. The van der Waals surface area contributed by atoms with E-state index in [4.69, 9.17) is 4.74 Å². The summed E-state index contributed by atoms with van der Waals surface area (Å²) in [5.41, 5.74) is -0.0943. The summed E-state index contributed by atoms with van der Waals surface area (Å²) in [4.78, 5) is 12.3. The summed E-state index contributed by atoms with van der Waals surface area (Å²) in [5, 5.41) is 18.6. The highest BCUT2D eigenvalue weighted by Crippen LogP contribution is 2.43. The van der Waals surface area contributed by atoms with Crippen molar-refractivity contribution in [1.29, 1.82) is 0 Å². The van der Waals surface area contributed by atoms with Gasteiger partial charge in [-0.25, -0.2) is 0 Å². The molecule has 1 fully saturated rings. The van der Waals surface area contributed by atoms with Crippen molar-refractivity contribution in [3.63, 3.8) is 0 Å². The molecule has 0 radical (unpaired) electrons. The number of carbonyl (C=O) groups is 1. The Labute approximate surface area is 124 Å². The summed E-state index contributed by atoms with van der Waals surface area (Å²) >= 11 is 0. The molecule has 4 atom stereocenters. The molecule has 118 valence electrons. The second-order valence-corrected chi connectivity index (χ2v) is 8.88. The molecule has 0 aliphatic heterocycles. The topological polar surface area (TPSA) is 66.8 Å². The molecule has 0 aromatic heterocycles.